The van der Waals surface area contributed by atoms with Crippen molar-refractivity contribution < 1.29 is 14.6 Å². The Morgan fingerprint density at radius 1 is 0.833 bits per heavy atom. The van der Waals surface area contributed by atoms with Gasteiger partial charge in [-0.3, -0.25) is 0 Å². The quantitative estimate of drug-likeness (QED) is 0.142. The number of hydrogen-bond acceptors (Lipinski definition) is 4. The average molecular weight is 559 g/mol. The number of rotatable bonds is 9. The molecule has 7 heteroatoms. The molecule has 1 N–H and O–H groups in total. The van der Waals surface area contributed by atoms with Crippen molar-refractivity contribution in [3.8, 4) is 28.3 Å². The Morgan fingerprint density at radius 3 is 2.36 bits per heavy atom. The number of ether oxygens (including phenoxy) is 1. The summed E-state index contributed by atoms with van der Waals surface area (Å²) in [5.41, 5.74) is 9.29. The number of aromatic nitrogens is 4. The first-order chi connectivity index (χ1) is 20.5. The molecule has 0 fully saturated rings. The molecule has 0 radical (unpaired) electrons. The zero-order valence-corrected chi connectivity index (χ0v) is 24.2. The van der Waals surface area contributed by atoms with Gasteiger partial charge in [0.05, 0.1) is 22.1 Å². The van der Waals surface area contributed by atoms with E-state index in [4.69, 9.17) is 19.8 Å². The van der Waals surface area contributed by atoms with Crippen LogP contribution in [0.4, 0.5) is 4.79 Å². The van der Waals surface area contributed by atoms with E-state index in [1.54, 1.807) is 12.1 Å². The van der Waals surface area contributed by atoms with Crippen LogP contribution in [0.3, 0.4) is 0 Å². The number of carbonyl (C=O) groups is 1. The lowest BCUT2D eigenvalue weighted by molar-refractivity contribution is 0.144. The maximum Gasteiger partial charge on any atom is 0.511 e. The van der Waals surface area contributed by atoms with Crippen LogP contribution in [0.1, 0.15) is 43.6 Å². The molecule has 4 aromatic carbocycles. The first kappa shape index (κ1) is 27.3. The van der Waals surface area contributed by atoms with E-state index < -0.39 is 6.16 Å². The lowest BCUT2D eigenvalue weighted by Crippen LogP contribution is -2.06. The molecule has 0 aliphatic heterocycles. The number of imidazole rings is 2. The van der Waals surface area contributed by atoms with Crippen molar-refractivity contribution >= 4 is 28.2 Å². The van der Waals surface area contributed by atoms with Gasteiger partial charge in [-0.2, -0.15) is 0 Å². The minimum atomic E-state index is -1.32. The zero-order valence-electron chi connectivity index (χ0n) is 24.2. The van der Waals surface area contributed by atoms with E-state index in [2.05, 4.69) is 72.4 Å². The molecule has 0 spiro atoms. The van der Waals surface area contributed by atoms with Gasteiger partial charge in [0, 0.05) is 30.6 Å². The minimum absolute atomic E-state index is 0.320. The van der Waals surface area contributed by atoms with Crippen LogP contribution in [0.15, 0.2) is 84.9 Å². The van der Waals surface area contributed by atoms with Crippen LogP contribution in [0.2, 0.25) is 0 Å². The summed E-state index contributed by atoms with van der Waals surface area (Å²) in [6.45, 7) is 8.09. The first-order valence-corrected chi connectivity index (χ1v) is 14.5. The van der Waals surface area contributed by atoms with Gasteiger partial charge in [-0.05, 0) is 66.8 Å². The normalized spacial score (nSPS) is 11.4. The van der Waals surface area contributed by atoms with Crippen molar-refractivity contribution in [2.45, 2.75) is 53.1 Å². The van der Waals surface area contributed by atoms with Gasteiger partial charge >= 0.3 is 6.16 Å². The van der Waals surface area contributed by atoms with E-state index in [0.29, 0.717) is 12.3 Å². The first-order valence-electron chi connectivity index (χ1n) is 14.5. The smallest absolute Gasteiger partial charge is 0.449 e. The fraction of sp³-hybridized carbons (Fsp3) is 0.229. The van der Waals surface area contributed by atoms with Crippen LogP contribution in [0.5, 0.6) is 5.75 Å². The maximum absolute atomic E-state index is 11.2. The highest BCUT2D eigenvalue weighted by atomic mass is 16.7. The lowest BCUT2D eigenvalue weighted by atomic mass is 10.0. The standard InChI is InChI=1S/C35H34N4O3/c1-4-10-32-37-33-23(3)20-26(34-36-28-12-7-8-13-29(28)38(34)19-5-2)21-30(33)39(32)22-24-15-17-25(18-16-24)27-11-6-9-14-31(27)42-35(40)41/h6-9,11-18,20-21H,4-5,10,19,22H2,1-3H3,(H,40,41). The summed E-state index contributed by atoms with van der Waals surface area (Å²) < 4.78 is 9.66. The molecule has 0 aliphatic carbocycles. The summed E-state index contributed by atoms with van der Waals surface area (Å²) >= 11 is 0. The Hall–Kier alpha value is -4.91. The van der Waals surface area contributed by atoms with Gasteiger partial charge in [0.15, 0.2) is 0 Å². The highest BCUT2D eigenvalue weighted by molar-refractivity contribution is 5.87. The summed E-state index contributed by atoms with van der Waals surface area (Å²) in [5, 5.41) is 9.14. The summed E-state index contributed by atoms with van der Waals surface area (Å²) in [6, 6.07) is 28.2. The predicted molar refractivity (Wildman–Crippen MR) is 167 cm³/mol. The second-order valence-corrected chi connectivity index (χ2v) is 10.7. The molecule has 0 amide bonds. The fourth-order valence-electron chi connectivity index (χ4n) is 5.77. The Morgan fingerprint density at radius 2 is 1.60 bits per heavy atom. The van der Waals surface area contributed by atoms with Gasteiger partial charge in [0.2, 0.25) is 0 Å². The second kappa shape index (κ2) is 11.5. The zero-order chi connectivity index (χ0) is 29.2. The highest BCUT2D eigenvalue weighted by Gasteiger charge is 2.18. The number of hydrogen-bond donors (Lipinski definition) is 1. The third-order valence-corrected chi connectivity index (χ3v) is 7.65. The molecule has 42 heavy (non-hydrogen) atoms. The lowest BCUT2D eigenvalue weighted by Gasteiger charge is -2.13. The van der Waals surface area contributed by atoms with Gasteiger partial charge in [-0.25, -0.2) is 14.8 Å². The molecule has 0 bridgehead atoms. The molecule has 0 aliphatic rings. The summed E-state index contributed by atoms with van der Waals surface area (Å²) in [7, 11) is 0. The van der Waals surface area contributed by atoms with E-state index in [0.717, 1.165) is 87.3 Å². The third-order valence-electron chi connectivity index (χ3n) is 7.65. The fourth-order valence-corrected chi connectivity index (χ4v) is 5.77. The Labute approximate surface area is 245 Å². The number of fused-ring (bicyclic) bond motifs is 2. The number of carboxylic acid groups (broad SMARTS) is 1. The molecule has 0 saturated carbocycles. The van der Waals surface area contributed by atoms with E-state index in [9.17, 15) is 4.79 Å². The molecular formula is C35H34N4O3. The number of aryl methyl sites for hydroxylation is 3. The topological polar surface area (TPSA) is 82.2 Å². The largest absolute Gasteiger partial charge is 0.511 e. The van der Waals surface area contributed by atoms with Crippen molar-refractivity contribution in [2.75, 3.05) is 0 Å². The average Bonchev–Trinajstić information content (AvgIpc) is 3.52. The van der Waals surface area contributed by atoms with Crippen LogP contribution < -0.4 is 4.74 Å². The SMILES string of the molecule is CCCc1nc2c(C)cc(-c3nc4ccccc4n3CCC)cc2n1Cc1ccc(-c2ccccc2OC(=O)O)cc1. The van der Waals surface area contributed by atoms with E-state index in [1.807, 2.05) is 30.3 Å². The van der Waals surface area contributed by atoms with Gasteiger partial charge in [0.1, 0.15) is 17.4 Å². The molecule has 2 aromatic heterocycles. The molecule has 0 atom stereocenters. The third kappa shape index (κ3) is 5.14. The number of para-hydroxylation sites is 3. The van der Waals surface area contributed by atoms with Crippen molar-refractivity contribution in [3.05, 3.63) is 102 Å². The van der Waals surface area contributed by atoms with Crippen LogP contribution in [0, 0.1) is 6.92 Å². The van der Waals surface area contributed by atoms with E-state index >= 15 is 0 Å². The minimum Gasteiger partial charge on any atom is -0.449 e. The molecule has 2 heterocycles. The Kier molecular flexibility index (Phi) is 7.48. The molecular weight excluding hydrogens is 524 g/mol. The van der Waals surface area contributed by atoms with Gasteiger partial charge < -0.3 is 19.0 Å². The predicted octanol–water partition coefficient (Wildman–Crippen LogP) is 8.50. The molecule has 6 aromatic rings. The number of nitrogens with zero attached hydrogens (tertiary/aromatic N) is 4. The van der Waals surface area contributed by atoms with Crippen LogP contribution in [0.25, 0.3) is 44.6 Å². The van der Waals surface area contributed by atoms with Crippen molar-refractivity contribution in [3.63, 3.8) is 0 Å². The summed E-state index contributed by atoms with van der Waals surface area (Å²) in [4.78, 5) is 21.3. The van der Waals surface area contributed by atoms with Crippen molar-refractivity contribution in [1.29, 1.82) is 0 Å². The van der Waals surface area contributed by atoms with E-state index in [1.165, 1.54) is 0 Å². The monoisotopic (exact) mass is 558 g/mol. The summed E-state index contributed by atoms with van der Waals surface area (Å²) in [6.07, 6.45) is 1.58. The van der Waals surface area contributed by atoms with Crippen LogP contribution in [-0.4, -0.2) is 30.4 Å². The molecule has 212 valence electrons. The van der Waals surface area contributed by atoms with Crippen LogP contribution >= 0.6 is 0 Å². The summed E-state index contributed by atoms with van der Waals surface area (Å²) in [5.74, 6) is 2.37. The molecule has 7 nitrogen and oxygen atoms in total. The molecule has 6 rings (SSSR count). The van der Waals surface area contributed by atoms with Gasteiger partial charge in [-0.15, -0.1) is 0 Å². The van der Waals surface area contributed by atoms with Crippen LogP contribution in [-0.2, 0) is 19.5 Å². The van der Waals surface area contributed by atoms with E-state index in [-0.39, 0.29) is 0 Å². The Balaban J connectivity index is 1.41. The van der Waals surface area contributed by atoms with Crippen molar-refractivity contribution in [1.82, 2.24) is 19.1 Å². The van der Waals surface area contributed by atoms with Gasteiger partial charge in [0.25, 0.3) is 0 Å². The molecule has 0 unspecified atom stereocenters. The highest BCUT2D eigenvalue weighted by Crippen LogP contribution is 2.33. The molecule has 0 saturated heterocycles. The number of benzene rings is 4. The maximum atomic E-state index is 11.2. The van der Waals surface area contributed by atoms with Crippen molar-refractivity contribution in [2.24, 2.45) is 0 Å². The van der Waals surface area contributed by atoms with Gasteiger partial charge in [-0.1, -0.05) is 68.4 Å². The second-order valence-electron chi connectivity index (χ2n) is 10.7. The Bertz CT molecular complexity index is 1900.